The van der Waals surface area contributed by atoms with Crippen molar-refractivity contribution in [2.45, 2.75) is 72.0 Å². The minimum atomic E-state index is -0.173. The van der Waals surface area contributed by atoms with Crippen LogP contribution in [0.4, 0.5) is 0 Å². The van der Waals surface area contributed by atoms with Crippen LogP contribution in [0.2, 0.25) is 0 Å². The van der Waals surface area contributed by atoms with Gasteiger partial charge in [-0.3, -0.25) is 4.79 Å². The third kappa shape index (κ3) is 2.30. The lowest BCUT2D eigenvalue weighted by Crippen LogP contribution is -2.62. The van der Waals surface area contributed by atoms with Gasteiger partial charge in [0.2, 0.25) is 0 Å². The molecule has 0 aromatic heterocycles. The standard InChI is InChI=1S/C22H36O4/c1-20(2)10-6-11-21(3)16(20)9-12-22-15(13-26-19(22)25-5)14(18(23)24-4)7-8-17(21)22/h14-17,19H,6-13H2,1-5H3. The summed E-state index contributed by atoms with van der Waals surface area (Å²) >= 11 is 0. The van der Waals surface area contributed by atoms with Crippen LogP contribution < -0.4 is 0 Å². The second-order valence-electron chi connectivity index (χ2n) is 10.3. The number of hydrogen-bond acceptors (Lipinski definition) is 4. The van der Waals surface area contributed by atoms with Gasteiger partial charge in [0, 0.05) is 18.4 Å². The molecule has 7 atom stereocenters. The predicted octanol–water partition coefficient (Wildman–Crippen LogP) is 4.42. The summed E-state index contributed by atoms with van der Waals surface area (Å²) in [7, 11) is 3.30. The van der Waals surface area contributed by atoms with Crippen molar-refractivity contribution in [2.24, 2.45) is 39.9 Å². The molecule has 4 aliphatic rings. The molecule has 0 bridgehead atoms. The van der Waals surface area contributed by atoms with E-state index in [2.05, 4.69) is 20.8 Å². The van der Waals surface area contributed by atoms with Gasteiger partial charge in [-0.1, -0.05) is 27.2 Å². The molecule has 3 aliphatic carbocycles. The van der Waals surface area contributed by atoms with Crippen LogP contribution in [0.3, 0.4) is 0 Å². The number of esters is 1. The zero-order chi connectivity index (χ0) is 18.7. The highest BCUT2D eigenvalue weighted by Gasteiger charge is 2.69. The van der Waals surface area contributed by atoms with Gasteiger partial charge in [-0.15, -0.1) is 0 Å². The van der Waals surface area contributed by atoms with Crippen molar-refractivity contribution in [3.05, 3.63) is 0 Å². The first kappa shape index (κ1) is 18.7. The maximum absolute atomic E-state index is 12.5. The smallest absolute Gasteiger partial charge is 0.309 e. The highest BCUT2D eigenvalue weighted by Crippen LogP contribution is 2.71. The summed E-state index contributed by atoms with van der Waals surface area (Å²) in [5, 5.41) is 0. The van der Waals surface area contributed by atoms with Crippen LogP contribution in [-0.4, -0.2) is 33.1 Å². The number of hydrogen-bond donors (Lipinski definition) is 0. The maximum atomic E-state index is 12.5. The summed E-state index contributed by atoms with van der Waals surface area (Å²) in [6, 6.07) is 0. The molecule has 0 N–H and O–H groups in total. The van der Waals surface area contributed by atoms with Gasteiger partial charge in [0.15, 0.2) is 6.29 Å². The molecule has 4 heteroatoms. The summed E-state index contributed by atoms with van der Waals surface area (Å²) in [5.41, 5.74) is 0.708. The minimum absolute atomic E-state index is 0.0233. The van der Waals surface area contributed by atoms with Crippen molar-refractivity contribution in [1.82, 2.24) is 0 Å². The molecular formula is C22H36O4. The highest BCUT2D eigenvalue weighted by molar-refractivity contribution is 5.73. The van der Waals surface area contributed by atoms with Gasteiger partial charge in [-0.2, -0.15) is 0 Å². The molecule has 148 valence electrons. The predicted molar refractivity (Wildman–Crippen MR) is 99.4 cm³/mol. The first-order chi connectivity index (χ1) is 12.3. The largest absolute Gasteiger partial charge is 0.469 e. The molecule has 0 radical (unpaired) electrons. The van der Waals surface area contributed by atoms with Crippen LogP contribution in [0.1, 0.15) is 65.7 Å². The first-order valence-electron chi connectivity index (χ1n) is 10.5. The Bertz CT molecular complexity index is 572. The quantitative estimate of drug-likeness (QED) is 0.681. The summed E-state index contributed by atoms with van der Waals surface area (Å²) in [4.78, 5) is 12.5. The molecule has 4 nitrogen and oxygen atoms in total. The fourth-order valence-corrected chi connectivity index (χ4v) is 8.25. The molecule has 1 aliphatic heterocycles. The van der Waals surface area contributed by atoms with Gasteiger partial charge in [-0.25, -0.2) is 0 Å². The SMILES string of the molecule is COC(=O)C1CCC2C3(C)CCCC(C)(C)C3CCC23C(OC)OCC13. The number of rotatable bonds is 2. The van der Waals surface area contributed by atoms with Crippen LogP contribution >= 0.6 is 0 Å². The van der Waals surface area contributed by atoms with Crippen LogP contribution in [0.15, 0.2) is 0 Å². The molecule has 7 unspecified atom stereocenters. The van der Waals surface area contributed by atoms with E-state index in [1.807, 2.05) is 0 Å². The van der Waals surface area contributed by atoms with E-state index >= 15 is 0 Å². The van der Waals surface area contributed by atoms with E-state index in [4.69, 9.17) is 14.2 Å². The van der Waals surface area contributed by atoms with E-state index in [1.54, 1.807) is 7.11 Å². The zero-order valence-corrected chi connectivity index (χ0v) is 17.2. The highest BCUT2D eigenvalue weighted by atomic mass is 16.7. The van der Waals surface area contributed by atoms with E-state index in [0.29, 0.717) is 23.4 Å². The number of fused-ring (bicyclic) bond motifs is 2. The van der Waals surface area contributed by atoms with Gasteiger partial charge in [0.05, 0.1) is 19.6 Å². The van der Waals surface area contributed by atoms with Crippen molar-refractivity contribution in [2.75, 3.05) is 20.8 Å². The van der Waals surface area contributed by atoms with Crippen molar-refractivity contribution >= 4 is 5.97 Å². The molecule has 0 aromatic rings. The Kier molecular flexibility index (Phi) is 4.47. The molecule has 4 fully saturated rings. The molecule has 0 amide bonds. The van der Waals surface area contributed by atoms with Crippen LogP contribution in [0.25, 0.3) is 0 Å². The average Bonchev–Trinajstić information content (AvgIpc) is 2.97. The number of carbonyl (C=O) groups excluding carboxylic acids is 1. The summed E-state index contributed by atoms with van der Waals surface area (Å²) < 4.78 is 17.3. The van der Waals surface area contributed by atoms with Crippen molar-refractivity contribution < 1.29 is 19.0 Å². The molecule has 3 saturated carbocycles. The second kappa shape index (κ2) is 6.20. The third-order valence-electron chi connectivity index (χ3n) is 9.11. The normalized spacial score (nSPS) is 49.7. The van der Waals surface area contributed by atoms with E-state index < -0.39 is 0 Å². The molecule has 1 spiro atoms. The summed E-state index contributed by atoms with van der Waals surface area (Å²) in [6.07, 6.45) is 8.18. The Morgan fingerprint density at radius 1 is 1.00 bits per heavy atom. The van der Waals surface area contributed by atoms with E-state index in [-0.39, 0.29) is 29.5 Å². The summed E-state index contributed by atoms with van der Waals surface area (Å²) in [5.74, 6) is 1.48. The lowest BCUT2D eigenvalue weighted by molar-refractivity contribution is -0.237. The van der Waals surface area contributed by atoms with Crippen LogP contribution in [0.5, 0.6) is 0 Å². The Balaban J connectivity index is 1.77. The molecule has 1 saturated heterocycles. The van der Waals surface area contributed by atoms with E-state index in [1.165, 1.54) is 32.8 Å². The molecule has 0 aromatic carbocycles. The van der Waals surface area contributed by atoms with Gasteiger partial charge in [0.25, 0.3) is 0 Å². The second-order valence-corrected chi connectivity index (χ2v) is 10.3. The molecule has 4 rings (SSSR count). The van der Waals surface area contributed by atoms with Crippen molar-refractivity contribution in [3.8, 4) is 0 Å². The lowest BCUT2D eigenvalue weighted by Gasteiger charge is -2.66. The first-order valence-corrected chi connectivity index (χ1v) is 10.5. The van der Waals surface area contributed by atoms with Gasteiger partial charge in [-0.05, 0) is 61.2 Å². The van der Waals surface area contributed by atoms with E-state index in [9.17, 15) is 4.79 Å². The monoisotopic (exact) mass is 364 g/mol. The van der Waals surface area contributed by atoms with Gasteiger partial charge < -0.3 is 14.2 Å². The van der Waals surface area contributed by atoms with E-state index in [0.717, 1.165) is 25.2 Å². The Labute approximate surface area is 158 Å². The Morgan fingerprint density at radius 3 is 2.46 bits per heavy atom. The van der Waals surface area contributed by atoms with Crippen molar-refractivity contribution in [3.63, 3.8) is 0 Å². The average molecular weight is 365 g/mol. The molecular weight excluding hydrogens is 328 g/mol. The molecule has 1 heterocycles. The summed E-state index contributed by atoms with van der Waals surface area (Å²) in [6.45, 7) is 8.14. The maximum Gasteiger partial charge on any atom is 0.309 e. The lowest BCUT2D eigenvalue weighted by atomic mass is 9.38. The number of methoxy groups -OCH3 is 2. The Morgan fingerprint density at radius 2 is 1.77 bits per heavy atom. The topological polar surface area (TPSA) is 44.8 Å². The van der Waals surface area contributed by atoms with Gasteiger partial charge in [0.1, 0.15) is 0 Å². The van der Waals surface area contributed by atoms with Crippen molar-refractivity contribution in [1.29, 1.82) is 0 Å². The fraction of sp³-hybridized carbons (Fsp3) is 0.955. The third-order valence-corrected chi connectivity index (χ3v) is 9.11. The zero-order valence-electron chi connectivity index (χ0n) is 17.2. The van der Waals surface area contributed by atoms with Gasteiger partial charge >= 0.3 is 5.97 Å². The number of carbonyl (C=O) groups is 1. The minimum Gasteiger partial charge on any atom is -0.469 e. The molecule has 26 heavy (non-hydrogen) atoms. The number of ether oxygens (including phenoxy) is 3. The van der Waals surface area contributed by atoms with Crippen LogP contribution in [-0.2, 0) is 19.0 Å². The fourth-order valence-electron chi connectivity index (χ4n) is 8.25. The Hall–Kier alpha value is -0.610. The van der Waals surface area contributed by atoms with Crippen LogP contribution in [0, 0.1) is 39.9 Å².